The van der Waals surface area contributed by atoms with Gasteiger partial charge in [0, 0.05) is 23.6 Å². The molecule has 1 saturated heterocycles. The van der Waals surface area contributed by atoms with E-state index in [1.54, 1.807) is 0 Å². The van der Waals surface area contributed by atoms with Gasteiger partial charge in [0.25, 0.3) is 5.91 Å². The maximum atomic E-state index is 12.2. The average Bonchev–Trinajstić information content (AvgIpc) is 2.85. The summed E-state index contributed by atoms with van der Waals surface area (Å²) in [4.78, 5) is 14.1. The number of carbonyl (C=O) groups excluding carboxylic acids is 1. The van der Waals surface area contributed by atoms with Gasteiger partial charge in [0.2, 0.25) is 0 Å². The molecule has 1 aliphatic heterocycles. The van der Waals surface area contributed by atoms with E-state index in [1.165, 1.54) is 0 Å². The summed E-state index contributed by atoms with van der Waals surface area (Å²) < 4.78 is 6.50. The van der Waals surface area contributed by atoms with Crippen molar-refractivity contribution in [3.63, 3.8) is 0 Å². The van der Waals surface area contributed by atoms with Crippen LogP contribution >= 0.6 is 15.9 Å². The summed E-state index contributed by atoms with van der Waals surface area (Å²) in [7, 11) is 1.92. The first-order valence-electron chi connectivity index (χ1n) is 6.53. The molecule has 1 aliphatic rings. The van der Waals surface area contributed by atoms with E-state index in [9.17, 15) is 4.79 Å². The largest absolute Gasteiger partial charge is 0.484 e. The minimum atomic E-state index is 0.0673. The maximum Gasteiger partial charge on any atom is 0.260 e. The Bertz CT molecular complexity index is 439. The van der Waals surface area contributed by atoms with Crippen LogP contribution in [0.5, 0.6) is 5.75 Å². The predicted octanol–water partition coefficient (Wildman–Crippen LogP) is 2.04. The molecule has 1 amide bonds. The number of nitrogens with one attached hydrogen (secondary N) is 1. The molecule has 104 valence electrons. The molecule has 1 N–H and O–H groups in total. The van der Waals surface area contributed by atoms with Crippen LogP contribution in [0.15, 0.2) is 28.7 Å². The van der Waals surface area contributed by atoms with Crippen molar-refractivity contribution in [3.8, 4) is 5.75 Å². The minimum absolute atomic E-state index is 0.0673. The summed E-state index contributed by atoms with van der Waals surface area (Å²) >= 11 is 3.38. The maximum absolute atomic E-state index is 12.2. The Kier molecular flexibility index (Phi) is 5.22. The zero-order chi connectivity index (χ0) is 13.7. The molecule has 2 rings (SSSR count). The molecule has 1 atom stereocenters. The summed E-state index contributed by atoms with van der Waals surface area (Å²) in [6.45, 7) is 1.80. The van der Waals surface area contributed by atoms with Gasteiger partial charge in [0.05, 0.1) is 0 Å². The van der Waals surface area contributed by atoms with Crippen molar-refractivity contribution in [1.82, 2.24) is 10.2 Å². The lowest BCUT2D eigenvalue weighted by atomic mass is 10.2. The molecule has 0 bridgehead atoms. The number of hydrogen-bond donors (Lipinski definition) is 1. The first kappa shape index (κ1) is 14.3. The van der Waals surface area contributed by atoms with Gasteiger partial charge in [-0.2, -0.15) is 0 Å². The summed E-state index contributed by atoms with van der Waals surface area (Å²) in [6.07, 6.45) is 2.15. The van der Waals surface area contributed by atoms with Crippen LogP contribution < -0.4 is 10.1 Å². The molecule has 1 heterocycles. The second-order valence-electron chi connectivity index (χ2n) is 4.69. The third-order valence-corrected chi connectivity index (χ3v) is 3.79. The second kappa shape index (κ2) is 6.91. The van der Waals surface area contributed by atoms with Gasteiger partial charge in [-0.15, -0.1) is 0 Å². The minimum Gasteiger partial charge on any atom is -0.484 e. The fourth-order valence-corrected chi connectivity index (χ4v) is 2.77. The van der Waals surface area contributed by atoms with Crippen LogP contribution in [0, 0.1) is 0 Å². The van der Waals surface area contributed by atoms with Crippen molar-refractivity contribution >= 4 is 21.8 Å². The molecule has 0 saturated carbocycles. The van der Waals surface area contributed by atoms with E-state index in [4.69, 9.17) is 4.74 Å². The molecule has 0 aliphatic carbocycles. The van der Waals surface area contributed by atoms with E-state index in [0.29, 0.717) is 11.8 Å². The number of halogens is 1. The Balaban J connectivity index is 1.87. The quantitative estimate of drug-likeness (QED) is 0.900. The van der Waals surface area contributed by atoms with Gasteiger partial charge < -0.3 is 15.0 Å². The van der Waals surface area contributed by atoms with Crippen molar-refractivity contribution in [1.29, 1.82) is 0 Å². The van der Waals surface area contributed by atoms with Gasteiger partial charge >= 0.3 is 0 Å². The number of nitrogens with zero attached hydrogens (tertiary/aromatic N) is 1. The smallest absolute Gasteiger partial charge is 0.260 e. The monoisotopic (exact) mass is 326 g/mol. The molecule has 0 aromatic heterocycles. The fraction of sp³-hybridized carbons (Fsp3) is 0.500. The summed E-state index contributed by atoms with van der Waals surface area (Å²) in [6, 6.07) is 7.85. The highest BCUT2D eigenvalue weighted by molar-refractivity contribution is 9.10. The van der Waals surface area contributed by atoms with Crippen molar-refractivity contribution in [2.45, 2.75) is 18.9 Å². The van der Waals surface area contributed by atoms with Crippen LogP contribution in [0.2, 0.25) is 0 Å². The molecule has 0 radical (unpaired) electrons. The van der Waals surface area contributed by atoms with Gasteiger partial charge in [-0.05, 0) is 38.1 Å². The number of likely N-dealkylation sites (N-methyl/N-ethyl adjacent to an activating group) is 1. The molecular formula is C14H19BrN2O2. The van der Waals surface area contributed by atoms with Crippen LogP contribution in [-0.4, -0.2) is 43.6 Å². The Morgan fingerprint density at radius 3 is 3.16 bits per heavy atom. The number of ether oxygens (including phenoxy) is 1. The van der Waals surface area contributed by atoms with Gasteiger partial charge in [-0.1, -0.05) is 22.0 Å². The summed E-state index contributed by atoms with van der Waals surface area (Å²) in [5.74, 6) is 0.782. The highest BCUT2D eigenvalue weighted by Crippen LogP contribution is 2.19. The molecule has 1 unspecified atom stereocenters. The normalized spacial score (nSPS) is 18.6. The van der Waals surface area contributed by atoms with Gasteiger partial charge in [0.15, 0.2) is 6.61 Å². The SMILES string of the molecule is CNCC1CCCN1C(=O)COc1cccc(Br)c1. The van der Waals surface area contributed by atoms with Crippen molar-refractivity contribution in [2.75, 3.05) is 26.7 Å². The topological polar surface area (TPSA) is 41.6 Å². The highest BCUT2D eigenvalue weighted by Gasteiger charge is 2.28. The third kappa shape index (κ3) is 3.94. The Hall–Kier alpha value is -1.07. The zero-order valence-electron chi connectivity index (χ0n) is 11.1. The molecule has 4 nitrogen and oxygen atoms in total. The third-order valence-electron chi connectivity index (χ3n) is 3.30. The van der Waals surface area contributed by atoms with Gasteiger partial charge in [0.1, 0.15) is 5.75 Å². The molecule has 1 fully saturated rings. The molecular weight excluding hydrogens is 308 g/mol. The number of carbonyl (C=O) groups is 1. The van der Waals surface area contributed by atoms with E-state index >= 15 is 0 Å². The van der Waals surface area contributed by atoms with Crippen LogP contribution in [0.1, 0.15) is 12.8 Å². The molecule has 19 heavy (non-hydrogen) atoms. The van der Waals surface area contributed by atoms with Gasteiger partial charge in [-0.25, -0.2) is 0 Å². The van der Waals surface area contributed by atoms with E-state index in [2.05, 4.69) is 21.2 Å². The Morgan fingerprint density at radius 1 is 1.58 bits per heavy atom. The lowest BCUT2D eigenvalue weighted by Gasteiger charge is -2.24. The van der Waals surface area contributed by atoms with Crippen molar-refractivity contribution < 1.29 is 9.53 Å². The fourth-order valence-electron chi connectivity index (χ4n) is 2.40. The molecule has 0 spiro atoms. The summed E-state index contributed by atoms with van der Waals surface area (Å²) in [5.41, 5.74) is 0. The lowest BCUT2D eigenvalue weighted by molar-refractivity contribution is -0.134. The van der Waals surface area contributed by atoms with E-state index in [-0.39, 0.29) is 12.5 Å². The predicted molar refractivity (Wildman–Crippen MR) is 78.3 cm³/mol. The molecule has 1 aromatic rings. The lowest BCUT2D eigenvalue weighted by Crippen LogP contribution is -2.43. The average molecular weight is 327 g/mol. The summed E-state index contributed by atoms with van der Waals surface area (Å²) in [5, 5.41) is 3.13. The standard InChI is InChI=1S/C14H19BrN2O2/c1-16-9-12-5-3-7-17(12)14(18)10-19-13-6-2-4-11(15)8-13/h2,4,6,8,12,16H,3,5,7,9-10H2,1H3. The van der Waals surface area contributed by atoms with Crippen LogP contribution in [0.3, 0.4) is 0 Å². The van der Waals surface area contributed by atoms with Crippen molar-refractivity contribution in [3.05, 3.63) is 28.7 Å². The Morgan fingerprint density at radius 2 is 2.42 bits per heavy atom. The zero-order valence-corrected chi connectivity index (χ0v) is 12.6. The number of rotatable bonds is 5. The van der Waals surface area contributed by atoms with E-state index in [1.807, 2.05) is 36.2 Å². The first-order valence-corrected chi connectivity index (χ1v) is 7.32. The first-order chi connectivity index (χ1) is 9.20. The van der Waals surface area contributed by atoms with Crippen LogP contribution in [-0.2, 0) is 4.79 Å². The van der Waals surface area contributed by atoms with E-state index in [0.717, 1.165) is 30.4 Å². The number of hydrogen-bond acceptors (Lipinski definition) is 3. The number of amides is 1. The molecule has 1 aromatic carbocycles. The van der Waals surface area contributed by atoms with Gasteiger partial charge in [-0.3, -0.25) is 4.79 Å². The number of benzene rings is 1. The number of likely N-dealkylation sites (tertiary alicyclic amines) is 1. The van der Waals surface area contributed by atoms with Crippen LogP contribution in [0.4, 0.5) is 0 Å². The molecule has 5 heteroatoms. The highest BCUT2D eigenvalue weighted by atomic mass is 79.9. The van der Waals surface area contributed by atoms with E-state index < -0.39 is 0 Å². The van der Waals surface area contributed by atoms with Crippen LogP contribution in [0.25, 0.3) is 0 Å². The Labute approximate surface area is 122 Å². The second-order valence-corrected chi connectivity index (χ2v) is 5.60. The van der Waals surface area contributed by atoms with Crippen molar-refractivity contribution in [2.24, 2.45) is 0 Å².